The number of benzene rings is 1. The fourth-order valence-corrected chi connectivity index (χ4v) is 5.53. The molecule has 1 atom stereocenters. The number of aromatic nitrogens is 2. The molecule has 216 valence electrons. The van der Waals surface area contributed by atoms with E-state index in [-0.39, 0.29) is 12.1 Å². The van der Waals surface area contributed by atoms with Crippen LogP contribution in [0.1, 0.15) is 52.7 Å². The Balaban J connectivity index is 1.57. The monoisotopic (exact) mass is 596 g/mol. The fraction of sp³-hybridized carbons (Fsp3) is 0.464. The summed E-state index contributed by atoms with van der Waals surface area (Å²) < 4.78 is 15.5. The number of carboxylic acids is 1. The van der Waals surface area contributed by atoms with E-state index in [1.165, 1.54) is 18.3 Å². The Morgan fingerprint density at radius 3 is 2.49 bits per heavy atom. The van der Waals surface area contributed by atoms with Crippen molar-refractivity contribution in [2.45, 2.75) is 66.1 Å². The smallest absolute Gasteiger partial charge is 0.344 e. The Labute approximate surface area is 246 Å². The molecule has 3 aromatic rings. The van der Waals surface area contributed by atoms with Crippen LogP contribution >= 0.6 is 22.9 Å². The number of piperidine rings is 1. The number of hydrogen-bond donors (Lipinski definition) is 1. The van der Waals surface area contributed by atoms with Gasteiger partial charge >= 0.3 is 11.9 Å². The molecule has 1 aliphatic heterocycles. The molecule has 0 saturated carbocycles. The summed E-state index contributed by atoms with van der Waals surface area (Å²) in [5, 5.41) is 19.7. The number of anilines is 1. The SMILES string of the molecule is [C-]#[N+]c1c(C)nsc1N=Nc1sc(N2CCC(OC(=O)C(C)(C)CC)CC2)nc1-c1ccc(OC(C)C(=O)O)cc1. The van der Waals surface area contributed by atoms with Crippen LogP contribution in [0.4, 0.5) is 20.8 Å². The summed E-state index contributed by atoms with van der Waals surface area (Å²) in [5.74, 6) is -0.794. The normalized spacial score (nSPS) is 15.1. The summed E-state index contributed by atoms with van der Waals surface area (Å²) in [4.78, 5) is 34.3. The van der Waals surface area contributed by atoms with Crippen LogP contribution in [0.25, 0.3) is 16.1 Å². The van der Waals surface area contributed by atoms with Gasteiger partial charge in [0.2, 0.25) is 5.69 Å². The lowest BCUT2D eigenvalue weighted by atomic mass is 9.90. The molecule has 0 bridgehead atoms. The van der Waals surface area contributed by atoms with Gasteiger partial charge < -0.3 is 19.5 Å². The molecule has 0 amide bonds. The third kappa shape index (κ3) is 7.07. The second-order valence-electron chi connectivity index (χ2n) is 10.3. The Morgan fingerprint density at radius 2 is 1.88 bits per heavy atom. The maximum absolute atomic E-state index is 12.5. The minimum atomic E-state index is -1.05. The zero-order chi connectivity index (χ0) is 29.7. The highest BCUT2D eigenvalue weighted by atomic mass is 32.1. The van der Waals surface area contributed by atoms with Crippen molar-refractivity contribution in [3.05, 3.63) is 41.4 Å². The third-order valence-corrected chi connectivity index (χ3v) is 8.78. The highest BCUT2D eigenvalue weighted by Crippen LogP contribution is 2.43. The van der Waals surface area contributed by atoms with E-state index in [0.29, 0.717) is 65.2 Å². The predicted octanol–water partition coefficient (Wildman–Crippen LogP) is 7.34. The van der Waals surface area contributed by atoms with Gasteiger partial charge in [-0.1, -0.05) is 18.3 Å². The Morgan fingerprint density at radius 1 is 1.22 bits per heavy atom. The van der Waals surface area contributed by atoms with Gasteiger partial charge in [0.25, 0.3) is 0 Å². The predicted molar refractivity (Wildman–Crippen MR) is 158 cm³/mol. The molecule has 1 aliphatic rings. The zero-order valence-corrected chi connectivity index (χ0v) is 25.2. The molecule has 1 unspecified atom stereocenters. The minimum Gasteiger partial charge on any atom is -0.479 e. The number of aryl methyl sites for hydroxylation is 1. The van der Waals surface area contributed by atoms with Crippen molar-refractivity contribution in [3.63, 3.8) is 0 Å². The molecule has 1 aromatic carbocycles. The molecule has 1 fully saturated rings. The molecule has 1 saturated heterocycles. The first-order valence-electron chi connectivity index (χ1n) is 13.2. The number of esters is 1. The van der Waals surface area contributed by atoms with Crippen molar-refractivity contribution in [2.24, 2.45) is 15.6 Å². The average Bonchev–Trinajstić information content (AvgIpc) is 3.55. The van der Waals surface area contributed by atoms with Crippen LogP contribution in [-0.2, 0) is 14.3 Å². The minimum absolute atomic E-state index is 0.134. The van der Waals surface area contributed by atoms with Gasteiger partial charge in [-0.2, -0.15) is 0 Å². The summed E-state index contributed by atoms with van der Waals surface area (Å²) in [6.07, 6.45) is 0.990. The summed E-state index contributed by atoms with van der Waals surface area (Å²) >= 11 is 2.50. The van der Waals surface area contributed by atoms with Crippen LogP contribution in [0.15, 0.2) is 34.5 Å². The van der Waals surface area contributed by atoms with Crippen LogP contribution < -0.4 is 9.64 Å². The van der Waals surface area contributed by atoms with Gasteiger partial charge in [-0.05, 0) is 69.9 Å². The van der Waals surface area contributed by atoms with Crippen LogP contribution in [-0.4, -0.2) is 51.7 Å². The number of nitrogens with zero attached hydrogens (tertiary/aromatic N) is 6. The Hall–Kier alpha value is -3.89. The van der Waals surface area contributed by atoms with Gasteiger partial charge in [-0.3, -0.25) is 4.79 Å². The van der Waals surface area contributed by atoms with E-state index in [4.69, 9.17) is 26.1 Å². The van der Waals surface area contributed by atoms with E-state index >= 15 is 0 Å². The quantitative estimate of drug-likeness (QED) is 0.146. The van der Waals surface area contributed by atoms with Crippen LogP contribution in [0.2, 0.25) is 0 Å². The summed E-state index contributed by atoms with van der Waals surface area (Å²) in [7, 11) is 0. The Kier molecular flexibility index (Phi) is 9.35. The molecule has 0 aliphatic carbocycles. The molecular formula is C28H32N6O5S2. The van der Waals surface area contributed by atoms with Crippen molar-refractivity contribution in [1.29, 1.82) is 0 Å². The second kappa shape index (κ2) is 12.7. The highest BCUT2D eigenvalue weighted by Gasteiger charge is 2.32. The molecule has 1 N–H and O–H groups in total. The lowest BCUT2D eigenvalue weighted by Crippen LogP contribution is -2.39. The van der Waals surface area contributed by atoms with E-state index in [0.717, 1.165) is 22.2 Å². The number of ether oxygens (including phenoxy) is 2. The van der Waals surface area contributed by atoms with Gasteiger partial charge in [0.1, 0.15) is 17.5 Å². The molecule has 0 radical (unpaired) electrons. The van der Waals surface area contributed by atoms with Gasteiger partial charge in [-0.25, -0.2) is 19.0 Å². The number of carbonyl (C=O) groups is 2. The van der Waals surface area contributed by atoms with Crippen LogP contribution in [0.5, 0.6) is 5.75 Å². The van der Waals surface area contributed by atoms with Crippen molar-refractivity contribution in [1.82, 2.24) is 9.36 Å². The zero-order valence-electron chi connectivity index (χ0n) is 23.6. The maximum Gasteiger partial charge on any atom is 0.344 e. The summed E-state index contributed by atoms with van der Waals surface area (Å²) in [6, 6.07) is 6.97. The number of thiazole rings is 1. The molecule has 11 nitrogen and oxygen atoms in total. The molecule has 3 heterocycles. The second-order valence-corrected chi connectivity index (χ2v) is 12.0. The van der Waals surface area contributed by atoms with Gasteiger partial charge in [-0.15, -0.1) is 10.2 Å². The first kappa shape index (κ1) is 30.1. The highest BCUT2D eigenvalue weighted by molar-refractivity contribution is 7.19. The lowest BCUT2D eigenvalue weighted by Gasteiger charge is -2.33. The van der Waals surface area contributed by atoms with E-state index in [2.05, 4.69) is 24.3 Å². The number of carbonyl (C=O) groups excluding carboxylic acids is 1. The fourth-order valence-electron chi connectivity index (χ4n) is 3.90. The van der Waals surface area contributed by atoms with Crippen molar-refractivity contribution in [2.75, 3.05) is 18.0 Å². The van der Waals surface area contributed by atoms with E-state index < -0.39 is 17.5 Å². The molecule has 13 heteroatoms. The van der Waals surface area contributed by atoms with E-state index in [1.807, 2.05) is 20.8 Å². The third-order valence-electron chi connectivity index (χ3n) is 6.97. The van der Waals surface area contributed by atoms with Crippen molar-refractivity contribution in [3.8, 4) is 17.0 Å². The lowest BCUT2D eigenvalue weighted by molar-refractivity contribution is -0.160. The summed E-state index contributed by atoms with van der Waals surface area (Å²) in [5.41, 5.74) is 1.85. The Bertz CT molecular complexity index is 1470. The first-order valence-corrected chi connectivity index (χ1v) is 14.8. The number of azo groups is 1. The maximum atomic E-state index is 12.5. The van der Waals surface area contributed by atoms with Gasteiger partial charge in [0, 0.05) is 31.5 Å². The molecule has 4 rings (SSSR count). The topological polar surface area (TPSA) is 131 Å². The van der Waals surface area contributed by atoms with Crippen molar-refractivity contribution < 1.29 is 24.2 Å². The molecule has 41 heavy (non-hydrogen) atoms. The first-order chi connectivity index (χ1) is 19.5. The number of rotatable bonds is 10. The van der Waals surface area contributed by atoms with Gasteiger partial charge in [0.05, 0.1) is 17.7 Å². The number of hydrogen-bond acceptors (Lipinski definition) is 11. The van der Waals surface area contributed by atoms with Crippen molar-refractivity contribution >= 4 is 55.6 Å². The van der Waals surface area contributed by atoms with Crippen LogP contribution in [0, 0.1) is 18.9 Å². The molecule has 0 spiro atoms. The molecule has 2 aromatic heterocycles. The van der Waals surface area contributed by atoms with E-state index in [9.17, 15) is 9.59 Å². The van der Waals surface area contributed by atoms with Gasteiger partial charge in [0.15, 0.2) is 21.2 Å². The number of aliphatic carboxylic acids is 1. The average molecular weight is 597 g/mol. The van der Waals surface area contributed by atoms with Crippen LogP contribution in [0.3, 0.4) is 0 Å². The standard InChI is InChI=1S/C28H32N6O5S2/c1-7-28(4,5)26(37)39-20-12-14-34(15-13-20)27-30-22(18-8-10-19(11-9-18)38-17(3)25(35)36)23(40-27)31-32-24-21(29-6)16(2)33-41-24/h8-11,17,20H,7,12-15H2,1-5H3,(H,35,36). The number of carboxylic acid groups (broad SMARTS) is 1. The van der Waals surface area contributed by atoms with E-state index in [1.54, 1.807) is 31.2 Å². The summed E-state index contributed by atoms with van der Waals surface area (Å²) in [6.45, 7) is 17.8. The largest absolute Gasteiger partial charge is 0.479 e. The molecular weight excluding hydrogens is 564 g/mol.